The van der Waals surface area contributed by atoms with Crippen molar-refractivity contribution >= 4 is 0 Å². The van der Waals surface area contributed by atoms with E-state index in [0.29, 0.717) is 11.8 Å². The molecule has 2 N–H and O–H groups in total. The molecule has 3 rings (SSSR count). The van der Waals surface area contributed by atoms with E-state index in [1.807, 2.05) is 6.20 Å². The minimum absolute atomic E-state index is 0.542. The average molecular weight is 207 g/mol. The van der Waals surface area contributed by atoms with Gasteiger partial charge in [0.05, 0.1) is 6.61 Å². The second-order valence-electron chi connectivity index (χ2n) is 4.47. The minimum atomic E-state index is 0.542. The SMILES string of the molecule is c1nc(C2CCNC2)[nH]c1C1CCOC1. The van der Waals surface area contributed by atoms with E-state index >= 15 is 0 Å². The smallest absolute Gasteiger partial charge is 0.110 e. The van der Waals surface area contributed by atoms with Crippen LogP contribution in [0.4, 0.5) is 0 Å². The van der Waals surface area contributed by atoms with E-state index in [9.17, 15) is 0 Å². The van der Waals surface area contributed by atoms with Gasteiger partial charge in [0.15, 0.2) is 0 Å². The summed E-state index contributed by atoms with van der Waals surface area (Å²) in [7, 11) is 0. The molecule has 2 fully saturated rings. The molecule has 0 aromatic carbocycles. The van der Waals surface area contributed by atoms with Crippen LogP contribution >= 0.6 is 0 Å². The Hall–Kier alpha value is -0.870. The van der Waals surface area contributed by atoms with Crippen molar-refractivity contribution in [3.8, 4) is 0 Å². The highest BCUT2D eigenvalue weighted by atomic mass is 16.5. The molecule has 2 unspecified atom stereocenters. The van der Waals surface area contributed by atoms with Gasteiger partial charge in [-0.05, 0) is 19.4 Å². The third-order valence-corrected chi connectivity index (χ3v) is 3.43. The second kappa shape index (κ2) is 3.94. The van der Waals surface area contributed by atoms with Crippen molar-refractivity contribution in [1.82, 2.24) is 15.3 Å². The summed E-state index contributed by atoms with van der Waals surface area (Å²) in [6.45, 7) is 3.93. The van der Waals surface area contributed by atoms with Gasteiger partial charge in [0.1, 0.15) is 5.82 Å². The van der Waals surface area contributed by atoms with Crippen LogP contribution in [0.2, 0.25) is 0 Å². The lowest BCUT2D eigenvalue weighted by Crippen LogP contribution is -2.09. The summed E-state index contributed by atoms with van der Waals surface area (Å²) in [6.07, 6.45) is 4.33. The van der Waals surface area contributed by atoms with E-state index in [1.54, 1.807) is 0 Å². The van der Waals surface area contributed by atoms with Crippen molar-refractivity contribution in [1.29, 1.82) is 0 Å². The zero-order valence-corrected chi connectivity index (χ0v) is 8.83. The minimum Gasteiger partial charge on any atom is -0.381 e. The van der Waals surface area contributed by atoms with Gasteiger partial charge < -0.3 is 15.0 Å². The topological polar surface area (TPSA) is 49.9 Å². The summed E-state index contributed by atoms with van der Waals surface area (Å²) in [5.41, 5.74) is 1.26. The zero-order chi connectivity index (χ0) is 10.1. The standard InChI is InChI=1S/C11H17N3O/c1-3-12-5-8(1)11-13-6-10(14-11)9-2-4-15-7-9/h6,8-9,12H,1-5,7H2,(H,13,14). The van der Waals surface area contributed by atoms with Gasteiger partial charge in [-0.15, -0.1) is 0 Å². The van der Waals surface area contributed by atoms with Crippen molar-refractivity contribution < 1.29 is 4.74 Å². The van der Waals surface area contributed by atoms with Gasteiger partial charge in [-0.3, -0.25) is 0 Å². The molecule has 2 aliphatic rings. The van der Waals surface area contributed by atoms with Gasteiger partial charge in [0.25, 0.3) is 0 Å². The lowest BCUT2D eigenvalue weighted by Gasteiger charge is -2.05. The zero-order valence-electron chi connectivity index (χ0n) is 8.83. The van der Waals surface area contributed by atoms with Crippen molar-refractivity contribution in [2.24, 2.45) is 0 Å². The molecular formula is C11H17N3O. The summed E-state index contributed by atoms with van der Waals surface area (Å²) in [6, 6.07) is 0. The molecule has 2 atom stereocenters. The van der Waals surface area contributed by atoms with Gasteiger partial charge >= 0.3 is 0 Å². The van der Waals surface area contributed by atoms with Crippen LogP contribution in [0.1, 0.15) is 36.2 Å². The lowest BCUT2D eigenvalue weighted by molar-refractivity contribution is 0.193. The van der Waals surface area contributed by atoms with E-state index in [0.717, 1.165) is 38.5 Å². The monoisotopic (exact) mass is 207 g/mol. The molecule has 2 aliphatic heterocycles. The van der Waals surface area contributed by atoms with Crippen LogP contribution in [0.25, 0.3) is 0 Å². The maximum atomic E-state index is 5.39. The highest BCUT2D eigenvalue weighted by Gasteiger charge is 2.23. The Labute approximate surface area is 89.4 Å². The van der Waals surface area contributed by atoms with Gasteiger partial charge in [0, 0.05) is 36.9 Å². The highest BCUT2D eigenvalue weighted by molar-refractivity contribution is 5.12. The van der Waals surface area contributed by atoms with Gasteiger partial charge in [-0.25, -0.2) is 4.98 Å². The van der Waals surface area contributed by atoms with Crippen LogP contribution in [0.15, 0.2) is 6.20 Å². The van der Waals surface area contributed by atoms with Crippen LogP contribution in [-0.2, 0) is 4.74 Å². The number of hydrogen-bond acceptors (Lipinski definition) is 3. The van der Waals surface area contributed by atoms with Gasteiger partial charge in [0.2, 0.25) is 0 Å². The van der Waals surface area contributed by atoms with E-state index in [4.69, 9.17) is 4.74 Å². The number of rotatable bonds is 2. The normalized spacial score (nSPS) is 31.2. The molecule has 0 saturated carbocycles. The Morgan fingerprint density at radius 2 is 2.33 bits per heavy atom. The van der Waals surface area contributed by atoms with Crippen LogP contribution in [0, 0.1) is 0 Å². The van der Waals surface area contributed by atoms with E-state index in [2.05, 4.69) is 15.3 Å². The molecule has 0 bridgehead atoms. The predicted molar refractivity (Wildman–Crippen MR) is 57.0 cm³/mol. The van der Waals surface area contributed by atoms with Crippen LogP contribution in [0.5, 0.6) is 0 Å². The number of nitrogens with zero attached hydrogens (tertiary/aromatic N) is 1. The Bertz CT molecular complexity index is 294. The fourth-order valence-electron chi connectivity index (χ4n) is 2.43. The van der Waals surface area contributed by atoms with E-state index in [-0.39, 0.29) is 0 Å². The molecule has 0 radical (unpaired) electrons. The Morgan fingerprint density at radius 3 is 3.07 bits per heavy atom. The maximum absolute atomic E-state index is 5.39. The fourth-order valence-corrected chi connectivity index (χ4v) is 2.43. The molecule has 82 valence electrons. The van der Waals surface area contributed by atoms with Crippen LogP contribution in [0.3, 0.4) is 0 Å². The van der Waals surface area contributed by atoms with Crippen LogP contribution in [-0.4, -0.2) is 36.3 Å². The molecule has 3 heterocycles. The van der Waals surface area contributed by atoms with E-state index in [1.165, 1.54) is 12.1 Å². The Kier molecular flexibility index (Phi) is 2.46. The molecule has 0 amide bonds. The number of aromatic nitrogens is 2. The van der Waals surface area contributed by atoms with Crippen molar-refractivity contribution in [2.45, 2.75) is 24.7 Å². The third kappa shape index (κ3) is 1.79. The fraction of sp³-hybridized carbons (Fsp3) is 0.727. The Balaban J connectivity index is 1.74. The molecule has 1 aromatic heterocycles. The second-order valence-corrected chi connectivity index (χ2v) is 4.47. The molecule has 4 heteroatoms. The molecule has 2 saturated heterocycles. The number of hydrogen-bond donors (Lipinski definition) is 2. The van der Waals surface area contributed by atoms with Crippen molar-refractivity contribution in [2.75, 3.05) is 26.3 Å². The van der Waals surface area contributed by atoms with Gasteiger partial charge in [-0.2, -0.15) is 0 Å². The number of ether oxygens (including phenoxy) is 1. The third-order valence-electron chi connectivity index (χ3n) is 3.43. The first-order valence-electron chi connectivity index (χ1n) is 5.77. The molecule has 0 aliphatic carbocycles. The molecule has 4 nitrogen and oxygen atoms in total. The van der Waals surface area contributed by atoms with Gasteiger partial charge in [-0.1, -0.05) is 0 Å². The molecule has 1 aromatic rings. The average Bonchev–Trinajstić information content (AvgIpc) is 3.02. The number of imidazole rings is 1. The summed E-state index contributed by atoms with van der Waals surface area (Å²) in [5.74, 6) is 2.28. The summed E-state index contributed by atoms with van der Waals surface area (Å²) in [4.78, 5) is 7.96. The van der Waals surface area contributed by atoms with E-state index < -0.39 is 0 Å². The largest absolute Gasteiger partial charge is 0.381 e. The predicted octanol–water partition coefficient (Wildman–Crippen LogP) is 0.991. The van der Waals surface area contributed by atoms with Crippen molar-refractivity contribution in [3.63, 3.8) is 0 Å². The quantitative estimate of drug-likeness (QED) is 0.760. The molecular weight excluding hydrogens is 190 g/mol. The van der Waals surface area contributed by atoms with Crippen LogP contribution < -0.4 is 5.32 Å². The maximum Gasteiger partial charge on any atom is 0.110 e. The summed E-state index contributed by atoms with van der Waals surface area (Å²) < 4.78 is 5.39. The molecule has 15 heavy (non-hydrogen) atoms. The first kappa shape index (κ1) is 9.36. The van der Waals surface area contributed by atoms with Crippen molar-refractivity contribution in [3.05, 3.63) is 17.7 Å². The number of nitrogens with one attached hydrogen (secondary N) is 2. The number of aromatic amines is 1. The summed E-state index contributed by atoms with van der Waals surface area (Å²) in [5, 5.41) is 3.36. The molecule has 0 spiro atoms. The summed E-state index contributed by atoms with van der Waals surface area (Å²) >= 11 is 0. The number of H-pyrrole nitrogens is 1. The lowest BCUT2D eigenvalue weighted by atomic mass is 10.1. The first-order valence-corrected chi connectivity index (χ1v) is 5.77. The Morgan fingerprint density at radius 1 is 1.33 bits per heavy atom. The highest BCUT2D eigenvalue weighted by Crippen LogP contribution is 2.26. The first-order chi connectivity index (χ1) is 7.43.